The van der Waals surface area contributed by atoms with Gasteiger partial charge in [0, 0.05) is 5.56 Å². The molecule has 1 heterocycles. The maximum absolute atomic E-state index is 13.2. The molecular weight excluding hydrogens is 292 g/mol. The van der Waals surface area contributed by atoms with E-state index in [1.165, 1.54) is 29.1 Å². The molecule has 2 aromatic carbocycles. The normalized spacial score (nSPS) is 10.6. The van der Waals surface area contributed by atoms with Crippen LogP contribution in [0.4, 0.5) is 8.78 Å². The molecule has 0 aliphatic heterocycles. The molecule has 22 heavy (non-hydrogen) atoms. The van der Waals surface area contributed by atoms with Gasteiger partial charge in [-0.05, 0) is 36.4 Å². The molecule has 0 saturated carbocycles. The maximum Gasteiger partial charge on any atom is 0.335 e. The molecule has 3 aromatic rings. The Morgan fingerprint density at radius 2 is 1.91 bits per heavy atom. The molecule has 0 spiro atoms. The van der Waals surface area contributed by atoms with Gasteiger partial charge in [-0.1, -0.05) is 11.3 Å². The van der Waals surface area contributed by atoms with Crippen LogP contribution in [0.15, 0.2) is 48.7 Å². The molecule has 0 aliphatic rings. The first-order chi connectivity index (χ1) is 10.5. The van der Waals surface area contributed by atoms with Gasteiger partial charge < -0.3 is 5.11 Å². The van der Waals surface area contributed by atoms with Crippen molar-refractivity contribution < 1.29 is 18.7 Å². The molecule has 5 nitrogen and oxygen atoms in total. The summed E-state index contributed by atoms with van der Waals surface area (Å²) >= 11 is 0. The van der Waals surface area contributed by atoms with Gasteiger partial charge in [-0.15, -0.1) is 5.10 Å². The summed E-state index contributed by atoms with van der Waals surface area (Å²) in [7, 11) is 0. The van der Waals surface area contributed by atoms with Crippen LogP contribution in [-0.2, 0) is 0 Å². The second-order valence-corrected chi connectivity index (χ2v) is 4.53. The molecule has 0 bridgehead atoms. The first-order valence-corrected chi connectivity index (χ1v) is 6.26. The Morgan fingerprint density at radius 3 is 2.64 bits per heavy atom. The van der Waals surface area contributed by atoms with Crippen molar-refractivity contribution in [1.29, 1.82) is 0 Å². The predicted molar refractivity (Wildman–Crippen MR) is 73.7 cm³/mol. The van der Waals surface area contributed by atoms with E-state index in [9.17, 15) is 13.6 Å². The molecule has 110 valence electrons. The van der Waals surface area contributed by atoms with Crippen LogP contribution in [0.3, 0.4) is 0 Å². The molecule has 0 fully saturated rings. The van der Waals surface area contributed by atoms with Gasteiger partial charge in [0.05, 0.1) is 17.4 Å². The minimum Gasteiger partial charge on any atom is -0.478 e. The van der Waals surface area contributed by atoms with Crippen molar-refractivity contribution >= 4 is 5.97 Å². The standard InChI is InChI=1S/C15H9F2N3O2/c16-12-5-4-9(7-13(12)17)14-8-20(19-18-14)11-3-1-2-10(6-11)15(21)22/h1-8H,(H,21,22). The molecule has 3 rings (SSSR count). The van der Waals surface area contributed by atoms with E-state index >= 15 is 0 Å². The van der Waals surface area contributed by atoms with Crippen molar-refractivity contribution in [2.45, 2.75) is 0 Å². The Morgan fingerprint density at radius 1 is 1.09 bits per heavy atom. The molecule has 1 aromatic heterocycles. The van der Waals surface area contributed by atoms with Gasteiger partial charge in [0.25, 0.3) is 0 Å². The average Bonchev–Trinajstić information content (AvgIpc) is 3.00. The van der Waals surface area contributed by atoms with Crippen LogP contribution in [0.2, 0.25) is 0 Å². The highest BCUT2D eigenvalue weighted by molar-refractivity contribution is 5.88. The number of rotatable bonds is 3. The quantitative estimate of drug-likeness (QED) is 0.807. The highest BCUT2D eigenvalue weighted by Crippen LogP contribution is 2.20. The molecule has 0 atom stereocenters. The number of carboxylic acid groups (broad SMARTS) is 1. The number of hydrogen-bond acceptors (Lipinski definition) is 3. The van der Waals surface area contributed by atoms with Gasteiger partial charge in [0.2, 0.25) is 0 Å². The molecule has 0 radical (unpaired) electrons. The SMILES string of the molecule is O=C(O)c1cccc(-n2cc(-c3ccc(F)c(F)c3)nn2)c1. The van der Waals surface area contributed by atoms with E-state index in [1.54, 1.807) is 12.1 Å². The molecule has 0 aliphatic carbocycles. The third-order valence-corrected chi connectivity index (χ3v) is 3.07. The number of hydrogen-bond donors (Lipinski definition) is 1. The number of aromatic carboxylic acids is 1. The van der Waals surface area contributed by atoms with Gasteiger partial charge in [-0.3, -0.25) is 0 Å². The minimum absolute atomic E-state index is 0.113. The fourth-order valence-corrected chi connectivity index (χ4v) is 1.96. The van der Waals surface area contributed by atoms with Crippen LogP contribution in [0.1, 0.15) is 10.4 Å². The molecule has 7 heteroatoms. The Kier molecular flexibility index (Phi) is 3.38. The lowest BCUT2D eigenvalue weighted by Gasteiger charge is -2.01. The third-order valence-electron chi connectivity index (χ3n) is 3.07. The van der Waals surface area contributed by atoms with Gasteiger partial charge >= 0.3 is 5.97 Å². The van der Waals surface area contributed by atoms with Crippen LogP contribution in [-0.4, -0.2) is 26.1 Å². The fraction of sp³-hybridized carbons (Fsp3) is 0. The van der Waals surface area contributed by atoms with Crippen molar-refractivity contribution in [2.75, 3.05) is 0 Å². The van der Waals surface area contributed by atoms with Crippen LogP contribution >= 0.6 is 0 Å². The van der Waals surface area contributed by atoms with Crippen molar-refractivity contribution in [3.05, 3.63) is 65.9 Å². The van der Waals surface area contributed by atoms with Crippen molar-refractivity contribution in [2.24, 2.45) is 0 Å². The molecule has 0 saturated heterocycles. The minimum atomic E-state index is -1.05. The zero-order chi connectivity index (χ0) is 15.7. The summed E-state index contributed by atoms with van der Waals surface area (Å²) in [5.41, 5.74) is 1.34. The second kappa shape index (κ2) is 5.36. The van der Waals surface area contributed by atoms with E-state index in [0.717, 1.165) is 12.1 Å². The topological polar surface area (TPSA) is 68.0 Å². The highest BCUT2D eigenvalue weighted by atomic mass is 19.2. The maximum atomic E-state index is 13.2. The Labute approximate surface area is 123 Å². The highest BCUT2D eigenvalue weighted by Gasteiger charge is 2.10. The lowest BCUT2D eigenvalue weighted by molar-refractivity contribution is 0.0697. The number of aromatic nitrogens is 3. The number of benzene rings is 2. The summed E-state index contributed by atoms with van der Waals surface area (Å²) in [6.07, 6.45) is 1.51. The van der Waals surface area contributed by atoms with Crippen LogP contribution in [0.5, 0.6) is 0 Å². The average molecular weight is 301 g/mol. The van der Waals surface area contributed by atoms with Gasteiger partial charge in [0.1, 0.15) is 5.69 Å². The Bertz CT molecular complexity index is 861. The second-order valence-electron chi connectivity index (χ2n) is 4.53. The fourth-order valence-electron chi connectivity index (χ4n) is 1.96. The summed E-state index contributed by atoms with van der Waals surface area (Å²) in [6.45, 7) is 0. The van der Waals surface area contributed by atoms with E-state index in [2.05, 4.69) is 10.3 Å². The van der Waals surface area contributed by atoms with E-state index in [4.69, 9.17) is 5.11 Å². The largest absolute Gasteiger partial charge is 0.478 e. The van der Waals surface area contributed by atoms with Crippen molar-refractivity contribution in [3.63, 3.8) is 0 Å². The third kappa shape index (κ3) is 2.56. The monoisotopic (exact) mass is 301 g/mol. The van der Waals surface area contributed by atoms with Gasteiger partial charge in [0.15, 0.2) is 11.6 Å². The summed E-state index contributed by atoms with van der Waals surface area (Å²) in [4.78, 5) is 11.0. The zero-order valence-corrected chi connectivity index (χ0v) is 11.1. The smallest absolute Gasteiger partial charge is 0.335 e. The first-order valence-electron chi connectivity index (χ1n) is 6.26. The van der Waals surface area contributed by atoms with Crippen LogP contribution in [0, 0.1) is 11.6 Å². The number of halogens is 2. The van der Waals surface area contributed by atoms with Crippen molar-refractivity contribution in [1.82, 2.24) is 15.0 Å². The van der Waals surface area contributed by atoms with E-state index < -0.39 is 17.6 Å². The number of carboxylic acids is 1. The lowest BCUT2D eigenvalue weighted by atomic mass is 10.1. The van der Waals surface area contributed by atoms with Crippen LogP contribution in [0.25, 0.3) is 16.9 Å². The van der Waals surface area contributed by atoms with E-state index in [-0.39, 0.29) is 5.56 Å². The number of nitrogens with zero attached hydrogens (tertiary/aromatic N) is 3. The lowest BCUT2D eigenvalue weighted by Crippen LogP contribution is -2.00. The first kappa shape index (κ1) is 13.9. The van der Waals surface area contributed by atoms with Crippen LogP contribution < -0.4 is 0 Å². The predicted octanol–water partition coefficient (Wildman–Crippen LogP) is 2.91. The van der Waals surface area contributed by atoms with E-state index in [0.29, 0.717) is 16.9 Å². The molecular formula is C15H9F2N3O2. The molecule has 0 unspecified atom stereocenters. The Hall–Kier alpha value is -3.09. The molecule has 0 amide bonds. The summed E-state index contributed by atoms with van der Waals surface area (Å²) < 4.78 is 27.5. The van der Waals surface area contributed by atoms with Gasteiger partial charge in [-0.25, -0.2) is 18.3 Å². The van der Waals surface area contributed by atoms with Gasteiger partial charge in [-0.2, -0.15) is 0 Å². The number of carbonyl (C=O) groups is 1. The van der Waals surface area contributed by atoms with Crippen molar-refractivity contribution in [3.8, 4) is 16.9 Å². The van der Waals surface area contributed by atoms with E-state index in [1.807, 2.05) is 0 Å². The summed E-state index contributed by atoms with van der Waals surface area (Å²) in [6, 6.07) is 9.56. The summed E-state index contributed by atoms with van der Waals surface area (Å²) in [5.74, 6) is -2.96. The molecule has 1 N–H and O–H groups in total. The zero-order valence-electron chi connectivity index (χ0n) is 11.1. The summed E-state index contributed by atoms with van der Waals surface area (Å²) in [5, 5.41) is 16.7. The Balaban J connectivity index is 1.98.